The van der Waals surface area contributed by atoms with Gasteiger partial charge in [-0.1, -0.05) is 12.1 Å². The van der Waals surface area contributed by atoms with Crippen LogP contribution in [0, 0.1) is 0 Å². The lowest BCUT2D eigenvalue weighted by atomic mass is 10.1. The number of carbonyl (C=O) groups excluding carboxylic acids is 3. The molecule has 1 saturated heterocycles. The van der Waals surface area contributed by atoms with Crippen molar-refractivity contribution in [2.24, 2.45) is 4.99 Å². The van der Waals surface area contributed by atoms with Gasteiger partial charge in [0.1, 0.15) is 11.4 Å². The molecule has 0 aliphatic carbocycles. The lowest BCUT2D eigenvalue weighted by Crippen LogP contribution is -2.36. The van der Waals surface area contributed by atoms with E-state index >= 15 is 0 Å². The summed E-state index contributed by atoms with van der Waals surface area (Å²) in [7, 11) is 0. The van der Waals surface area contributed by atoms with Gasteiger partial charge in [-0.2, -0.15) is 0 Å². The predicted octanol–water partition coefficient (Wildman–Crippen LogP) is 2.92. The second-order valence-electron chi connectivity index (χ2n) is 7.32. The monoisotopic (exact) mass is 453 g/mol. The molecule has 1 aromatic heterocycles. The number of amides is 2. The Hall–Kier alpha value is -3.53. The third-order valence-electron chi connectivity index (χ3n) is 4.99. The van der Waals surface area contributed by atoms with Crippen LogP contribution in [0.1, 0.15) is 32.4 Å². The molecule has 0 radical (unpaired) electrons. The Morgan fingerprint density at radius 2 is 2.12 bits per heavy atom. The quantitative estimate of drug-likeness (QED) is 0.673. The molecule has 10 heteroatoms. The van der Waals surface area contributed by atoms with Crippen LogP contribution in [-0.4, -0.2) is 41.8 Å². The predicted molar refractivity (Wildman–Crippen MR) is 122 cm³/mol. The smallest absolute Gasteiger partial charge is 0.343 e. The first-order chi connectivity index (χ1) is 15.5. The number of aromatic nitrogens is 1. The van der Waals surface area contributed by atoms with Crippen LogP contribution in [0.15, 0.2) is 45.9 Å². The number of carbonyl (C=O) groups is 3. The molecule has 9 nitrogen and oxygen atoms in total. The molecule has 0 saturated carbocycles. The lowest BCUT2D eigenvalue weighted by Gasteiger charge is -2.13. The highest BCUT2D eigenvalue weighted by Gasteiger charge is 2.27. The van der Waals surface area contributed by atoms with Crippen LogP contribution in [0.25, 0.3) is 0 Å². The van der Waals surface area contributed by atoms with Gasteiger partial charge in [0.2, 0.25) is 11.8 Å². The average molecular weight is 454 g/mol. The lowest BCUT2D eigenvalue weighted by molar-refractivity contribution is -0.137. The first-order valence-corrected chi connectivity index (χ1v) is 11.2. The van der Waals surface area contributed by atoms with Crippen molar-refractivity contribution >= 4 is 51.5 Å². The standard InChI is InChI=1S/C22H23N5O4S/c1-3-31-21(30)19-13(2)23-15-7-4-5-8-16(15)25-20(19)26-17(28)11-14-12-32-22(24-14)27-10-6-9-18(27)29/h4-5,7-8,12,23H,3,6,9-11H2,1-2H3,(H,25,26,28). The molecule has 3 heterocycles. The molecule has 0 atom stereocenters. The molecule has 32 heavy (non-hydrogen) atoms. The first-order valence-electron chi connectivity index (χ1n) is 10.3. The molecule has 4 rings (SSSR count). The number of para-hydroxylation sites is 2. The van der Waals surface area contributed by atoms with E-state index in [-0.39, 0.29) is 36.3 Å². The molecule has 2 aromatic rings. The number of fused-ring (bicyclic) bond motifs is 1. The summed E-state index contributed by atoms with van der Waals surface area (Å²) in [6, 6.07) is 7.31. The molecule has 166 valence electrons. The second-order valence-corrected chi connectivity index (χ2v) is 8.15. The number of nitrogens with zero attached hydrogens (tertiary/aromatic N) is 3. The van der Waals surface area contributed by atoms with Crippen LogP contribution in [0.4, 0.5) is 16.5 Å². The minimum absolute atomic E-state index is 0.0121. The molecule has 2 aliphatic heterocycles. The molecule has 1 fully saturated rings. The fourth-order valence-electron chi connectivity index (χ4n) is 3.53. The second kappa shape index (κ2) is 9.31. The number of allylic oxidation sites excluding steroid dienone is 1. The van der Waals surface area contributed by atoms with Crippen LogP contribution >= 0.6 is 11.3 Å². The van der Waals surface area contributed by atoms with Crippen LogP contribution in [0.3, 0.4) is 0 Å². The minimum Gasteiger partial charge on any atom is -0.462 e. The van der Waals surface area contributed by atoms with Gasteiger partial charge in [-0.3, -0.25) is 14.5 Å². The van der Waals surface area contributed by atoms with Gasteiger partial charge in [-0.25, -0.2) is 14.8 Å². The number of hydrogen-bond donors (Lipinski definition) is 2. The van der Waals surface area contributed by atoms with Gasteiger partial charge < -0.3 is 15.4 Å². The van der Waals surface area contributed by atoms with E-state index < -0.39 is 5.97 Å². The number of benzene rings is 1. The van der Waals surface area contributed by atoms with Gasteiger partial charge in [0.15, 0.2) is 5.13 Å². The maximum absolute atomic E-state index is 12.8. The summed E-state index contributed by atoms with van der Waals surface area (Å²) in [5.74, 6) is -0.780. The Labute approximate surface area is 189 Å². The van der Waals surface area contributed by atoms with E-state index in [0.29, 0.717) is 35.2 Å². The highest BCUT2D eigenvalue weighted by Crippen LogP contribution is 2.30. The molecular formula is C22H23N5O4S. The van der Waals surface area contributed by atoms with Crippen molar-refractivity contribution in [1.29, 1.82) is 0 Å². The zero-order chi connectivity index (χ0) is 22.7. The zero-order valence-electron chi connectivity index (χ0n) is 17.8. The maximum atomic E-state index is 12.8. The summed E-state index contributed by atoms with van der Waals surface area (Å²) in [5, 5.41) is 8.28. The molecule has 1 aromatic carbocycles. The number of amidine groups is 1. The van der Waals surface area contributed by atoms with Crippen LogP contribution in [0.2, 0.25) is 0 Å². The van der Waals surface area contributed by atoms with E-state index in [0.717, 1.165) is 12.1 Å². The number of thiazole rings is 1. The Balaban J connectivity index is 1.56. The number of hydrogen-bond acceptors (Lipinski definition) is 8. The highest BCUT2D eigenvalue weighted by molar-refractivity contribution is 7.14. The van der Waals surface area contributed by atoms with Gasteiger partial charge in [-0.15, -0.1) is 11.3 Å². The van der Waals surface area contributed by atoms with Gasteiger partial charge >= 0.3 is 5.97 Å². The Bertz CT molecular complexity index is 1140. The zero-order valence-corrected chi connectivity index (χ0v) is 18.6. The van der Waals surface area contributed by atoms with Gasteiger partial charge in [-0.05, 0) is 32.4 Å². The Morgan fingerprint density at radius 3 is 2.88 bits per heavy atom. The SMILES string of the molecule is CCOC(=O)C1=C(C)Nc2ccccc2N=C1NC(=O)Cc1csc(N2CCCC2=O)n1. The van der Waals surface area contributed by atoms with E-state index in [1.807, 2.05) is 18.2 Å². The molecule has 0 unspecified atom stereocenters. The maximum Gasteiger partial charge on any atom is 0.343 e. The van der Waals surface area contributed by atoms with E-state index in [1.165, 1.54) is 11.3 Å². The van der Waals surface area contributed by atoms with Gasteiger partial charge in [0.25, 0.3) is 0 Å². The van der Waals surface area contributed by atoms with Crippen LogP contribution in [0.5, 0.6) is 0 Å². The highest BCUT2D eigenvalue weighted by atomic mass is 32.1. The normalized spacial score (nSPS) is 15.6. The molecule has 2 N–H and O–H groups in total. The molecule has 2 aliphatic rings. The van der Waals surface area contributed by atoms with Gasteiger partial charge in [0.05, 0.1) is 30.1 Å². The van der Waals surface area contributed by atoms with E-state index in [4.69, 9.17) is 4.74 Å². The summed E-state index contributed by atoms with van der Waals surface area (Å²) in [6.07, 6.45) is 1.32. The number of nitrogens with one attached hydrogen (secondary N) is 2. The van der Waals surface area contributed by atoms with Gasteiger partial charge in [0, 0.05) is 24.0 Å². The number of ether oxygens (including phenoxy) is 1. The summed E-state index contributed by atoms with van der Waals surface area (Å²) >= 11 is 1.34. The first kappa shape index (κ1) is 21.7. The molecular weight excluding hydrogens is 430 g/mol. The molecule has 0 bridgehead atoms. The average Bonchev–Trinajstić information content (AvgIpc) is 3.34. The number of anilines is 2. The van der Waals surface area contributed by atoms with Crippen molar-refractivity contribution in [3.05, 3.63) is 46.6 Å². The fraction of sp³-hybridized carbons (Fsp3) is 0.318. The molecule has 2 amide bonds. The van der Waals surface area contributed by atoms with Crippen molar-refractivity contribution in [1.82, 2.24) is 10.3 Å². The topological polar surface area (TPSA) is 113 Å². The summed E-state index contributed by atoms with van der Waals surface area (Å²) in [6.45, 7) is 4.29. The Kier molecular flexibility index (Phi) is 6.31. The van der Waals surface area contributed by atoms with Crippen molar-refractivity contribution in [3.63, 3.8) is 0 Å². The number of rotatable bonds is 5. The third-order valence-corrected chi connectivity index (χ3v) is 5.91. The van der Waals surface area contributed by atoms with Crippen LogP contribution < -0.4 is 15.5 Å². The van der Waals surface area contributed by atoms with Crippen molar-refractivity contribution in [2.45, 2.75) is 33.1 Å². The summed E-state index contributed by atoms with van der Waals surface area (Å²) in [4.78, 5) is 48.0. The van der Waals surface area contributed by atoms with E-state index in [2.05, 4.69) is 20.6 Å². The Morgan fingerprint density at radius 1 is 1.31 bits per heavy atom. The van der Waals surface area contributed by atoms with Crippen molar-refractivity contribution < 1.29 is 19.1 Å². The van der Waals surface area contributed by atoms with E-state index in [1.54, 1.807) is 30.2 Å². The third kappa shape index (κ3) is 4.54. The van der Waals surface area contributed by atoms with E-state index in [9.17, 15) is 14.4 Å². The fourth-order valence-corrected chi connectivity index (χ4v) is 4.40. The molecule has 0 spiro atoms. The van der Waals surface area contributed by atoms with Crippen molar-refractivity contribution in [3.8, 4) is 0 Å². The van der Waals surface area contributed by atoms with Crippen LogP contribution in [-0.2, 0) is 25.5 Å². The number of esters is 1. The minimum atomic E-state index is -0.576. The summed E-state index contributed by atoms with van der Waals surface area (Å²) in [5.41, 5.74) is 2.54. The largest absolute Gasteiger partial charge is 0.462 e. The number of aliphatic imine (C=N–C) groups is 1. The summed E-state index contributed by atoms with van der Waals surface area (Å²) < 4.78 is 5.19. The van der Waals surface area contributed by atoms with Crippen molar-refractivity contribution in [2.75, 3.05) is 23.4 Å².